The predicted octanol–water partition coefficient (Wildman–Crippen LogP) is 3.21. The van der Waals surface area contributed by atoms with Gasteiger partial charge in [0, 0.05) is 44.9 Å². The number of carbonyl (C=O) groups excluding carboxylic acids is 2. The van der Waals surface area contributed by atoms with E-state index in [4.69, 9.17) is 0 Å². The van der Waals surface area contributed by atoms with Gasteiger partial charge in [0.2, 0.25) is 5.91 Å². The van der Waals surface area contributed by atoms with Gasteiger partial charge >= 0.3 is 0 Å². The third-order valence-corrected chi connectivity index (χ3v) is 7.08. The molecule has 0 aromatic heterocycles. The molecule has 1 aromatic carbocycles. The molecule has 28 heavy (non-hydrogen) atoms. The van der Waals surface area contributed by atoms with E-state index in [1.54, 1.807) is 0 Å². The zero-order valence-electron chi connectivity index (χ0n) is 17.2. The van der Waals surface area contributed by atoms with Gasteiger partial charge in [0.05, 0.1) is 0 Å². The van der Waals surface area contributed by atoms with Crippen LogP contribution in [0.25, 0.3) is 0 Å². The van der Waals surface area contributed by atoms with Crippen LogP contribution in [0.2, 0.25) is 0 Å². The number of rotatable bonds is 7. The van der Waals surface area contributed by atoms with E-state index in [1.165, 1.54) is 38.5 Å². The standard InChI is InChI=1S/C23H33N3O2/c1-26(2)20-5-3-19(4-6-20)22(28)25-8-7-24-21(27)15-23-12-16-9-17(13-23)11-18(10-16)14-23/h3-6,16-18H,7-15H2,1-2H3,(H,24,27)(H,25,28). The smallest absolute Gasteiger partial charge is 0.251 e. The van der Waals surface area contributed by atoms with Gasteiger partial charge in [-0.3, -0.25) is 9.59 Å². The van der Waals surface area contributed by atoms with Crippen molar-refractivity contribution in [2.75, 3.05) is 32.1 Å². The van der Waals surface area contributed by atoms with Crippen molar-refractivity contribution in [1.29, 1.82) is 0 Å². The van der Waals surface area contributed by atoms with E-state index in [0.717, 1.165) is 23.4 Å². The summed E-state index contributed by atoms with van der Waals surface area (Å²) >= 11 is 0. The molecule has 2 amide bonds. The van der Waals surface area contributed by atoms with Crippen molar-refractivity contribution in [1.82, 2.24) is 10.6 Å². The largest absolute Gasteiger partial charge is 0.378 e. The lowest BCUT2D eigenvalue weighted by Crippen LogP contribution is -2.48. The summed E-state index contributed by atoms with van der Waals surface area (Å²) in [4.78, 5) is 26.7. The highest BCUT2D eigenvalue weighted by atomic mass is 16.2. The van der Waals surface area contributed by atoms with Gasteiger partial charge in [-0.2, -0.15) is 0 Å². The number of nitrogens with one attached hydrogen (secondary N) is 2. The molecule has 4 fully saturated rings. The Kier molecular flexibility index (Phi) is 5.35. The van der Waals surface area contributed by atoms with Gasteiger partial charge in [-0.15, -0.1) is 0 Å². The van der Waals surface area contributed by atoms with Crippen molar-refractivity contribution in [3.63, 3.8) is 0 Å². The second-order valence-electron chi connectivity index (χ2n) is 9.64. The molecule has 0 heterocycles. The summed E-state index contributed by atoms with van der Waals surface area (Å²) in [7, 11) is 3.95. The molecule has 152 valence electrons. The van der Waals surface area contributed by atoms with Crippen LogP contribution >= 0.6 is 0 Å². The first-order valence-electron chi connectivity index (χ1n) is 10.7. The van der Waals surface area contributed by atoms with Crippen LogP contribution in [0.15, 0.2) is 24.3 Å². The Balaban J connectivity index is 1.19. The van der Waals surface area contributed by atoms with Crippen LogP contribution in [0.5, 0.6) is 0 Å². The van der Waals surface area contributed by atoms with Gasteiger partial charge in [-0.1, -0.05) is 0 Å². The molecule has 0 atom stereocenters. The first-order chi connectivity index (χ1) is 13.4. The summed E-state index contributed by atoms with van der Waals surface area (Å²) in [6.45, 7) is 0.952. The fraction of sp³-hybridized carbons (Fsp3) is 0.652. The van der Waals surface area contributed by atoms with Crippen molar-refractivity contribution in [3.8, 4) is 0 Å². The summed E-state index contributed by atoms with van der Waals surface area (Å²) in [5, 5.41) is 5.92. The Morgan fingerprint density at radius 3 is 2.00 bits per heavy atom. The van der Waals surface area contributed by atoms with Crippen molar-refractivity contribution < 1.29 is 9.59 Å². The second kappa shape index (κ2) is 7.76. The van der Waals surface area contributed by atoms with E-state index in [0.29, 0.717) is 25.1 Å². The fourth-order valence-electron chi connectivity index (χ4n) is 6.30. The maximum Gasteiger partial charge on any atom is 0.251 e. The molecule has 0 unspecified atom stereocenters. The molecular weight excluding hydrogens is 350 g/mol. The number of nitrogens with zero attached hydrogens (tertiary/aromatic N) is 1. The molecule has 0 radical (unpaired) electrons. The van der Waals surface area contributed by atoms with Crippen LogP contribution in [0.4, 0.5) is 5.69 Å². The van der Waals surface area contributed by atoms with Crippen molar-refractivity contribution in [2.45, 2.75) is 44.9 Å². The van der Waals surface area contributed by atoms with E-state index in [-0.39, 0.29) is 17.2 Å². The molecule has 5 heteroatoms. The molecule has 0 saturated heterocycles. The minimum Gasteiger partial charge on any atom is -0.378 e. The first kappa shape index (κ1) is 19.3. The van der Waals surface area contributed by atoms with E-state index >= 15 is 0 Å². The number of anilines is 1. The summed E-state index contributed by atoms with van der Waals surface area (Å²) in [6, 6.07) is 7.52. The van der Waals surface area contributed by atoms with Crippen LogP contribution < -0.4 is 15.5 Å². The van der Waals surface area contributed by atoms with Crippen LogP contribution in [0.1, 0.15) is 55.3 Å². The lowest BCUT2D eigenvalue weighted by molar-refractivity contribution is -0.129. The zero-order chi connectivity index (χ0) is 19.7. The monoisotopic (exact) mass is 383 g/mol. The number of benzene rings is 1. The molecule has 1 aromatic rings. The average molecular weight is 384 g/mol. The number of amides is 2. The van der Waals surface area contributed by atoms with Crippen LogP contribution in [0, 0.1) is 23.2 Å². The van der Waals surface area contributed by atoms with Crippen molar-refractivity contribution in [3.05, 3.63) is 29.8 Å². The molecule has 4 bridgehead atoms. The molecule has 2 N–H and O–H groups in total. The molecule has 4 saturated carbocycles. The minimum absolute atomic E-state index is 0.0966. The van der Waals surface area contributed by atoms with Gasteiger partial charge in [-0.25, -0.2) is 0 Å². The Labute approximate surface area is 168 Å². The Morgan fingerprint density at radius 2 is 1.46 bits per heavy atom. The quantitative estimate of drug-likeness (QED) is 0.711. The fourth-order valence-corrected chi connectivity index (χ4v) is 6.30. The summed E-state index contributed by atoms with van der Waals surface area (Å²) in [5.41, 5.74) is 1.98. The molecule has 4 aliphatic carbocycles. The van der Waals surface area contributed by atoms with Gasteiger partial charge < -0.3 is 15.5 Å². The Bertz CT molecular complexity index is 691. The highest BCUT2D eigenvalue weighted by Crippen LogP contribution is 2.61. The van der Waals surface area contributed by atoms with E-state index < -0.39 is 0 Å². The SMILES string of the molecule is CN(C)c1ccc(C(=O)NCCNC(=O)CC23CC4CC(CC(C4)C2)C3)cc1. The van der Waals surface area contributed by atoms with Gasteiger partial charge in [0.1, 0.15) is 0 Å². The second-order valence-corrected chi connectivity index (χ2v) is 9.64. The maximum atomic E-state index is 12.5. The lowest BCUT2D eigenvalue weighted by Gasteiger charge is -2.56. The molecule has 0 aliphatic heterocycles. The van der Waals surface area contributed by atoms with Gasteiger partial charge in [-0.05, 0) is 86.0 Å². The molecule has 5 rings (SSSR count). The highest BCUT2D eigenvalue weighted by Gasteiger charge is 2.51. The molecule has 5 nitrogen and oxygen atoms in total. The van der Waals surface area contributed by atoms with Crippen LogP contribution in [0.3, 0.4) is 0 Å². The third-order valence-electron chi connectivity index (χ3n) is 7.08. The van der Waals surface area contributed by atoms with E-state index in [1.807, 2.05) is 43.3 Å². The maximum absolute atomic E-state index is 12.5. The zero-order valence-corrected chi connectivity index (χ0v) is 17.2. The van der Waals surface area contributed by atoms with E-state index in [9.17, 15) is 9.59 Å². The topological polar surface area (TPSA) is 61.4 Å². The highest BCUT2D eigenvalue weighted by molar-refractivity contribution is 5.94. The normalized spacial score (nSPS) is 30.1. The minimum atomic E-state index is -0.0966. The van der Waals surface area contributed by atoms with Crippen molar-refractivity contribution >= 4 is 17.5 Å². The van der Waals surface area contributed by atoms with Crippen LogP contribution in [-0.2, 0) is 4.79 Å². The molecule has 0 spiro atoms. The van der Waals surface area contributed by atoms with Crippen molar-refractivity contribution in [2.24, 2.45) is 23.2 Å². The van der Waals surface area contributed by atoms with Gasteiger partial charge in [0.15, 0.2) is 0 Å². The summed E-state index contributed by atoms with van der Waals surface area (Å²) < 4.78 is 0. The number of hydrogen-bond donors (Lipinski definition) is 2. The third kappa shape index (κ3) is 4.18. The number of carbonyl (C=O) groups is 2. The Hall–Kier alpha value is -2.04. The predicted molar refractivity (Wildman–Crippen MR) is 111 cm³/mol. The number of hydrogen-bond acceptors (Lipinski definition) is 3. The summed E-state index contributed by atoms with van der Waals surface area (Å²) in [5.74, 6) is 2.68. The van der Waals surface area contributed by atoms with Gasteiger partial charge in [0.25, 0.3) is 5.91 Å². The lowest BCUT2D eigenvalue weighted by atomic mass is 9.49. The van der Waals surface area contributed by atoms with Crippen LogP contribution in [-0.4, -0.2) is 39.0 Å². The summed E-state index contributed by atoms with van der Waals surface area (Å²) in [6.07, 6.45) is 8.66. The molecular formula is C23H33N3O2. The average Bonchev–Trinajstić information content (AvgIpc) is 2.63. The molecule has 4 aliphatic rings. The first-order valence-corrected chi connectivity index (χ1v) is 10.7. The Morgan fingerprint density at radius 1 is 0.929 bits per heavy atom. The van der Waals surface area contributed by atoms with E-state index in [2.05, 4.69) is 10.6 Å².